The SMILES string of the molecule is NC(=O)N1CCN(S(=O)(=O)c2ccccc2)C(C(N)=O)(C(c2ccccc2)c2ccccc2)C1. The molecule has 1 heterocycles. The van der Waals surface area contributed by atoms with Crippen molar-refractivity contribution < 1.29 is 18.0 Å². The monoisotopic (exact) mass is 478 g/mol. The van der Waals surface area contributed by atoms with Crippen LogP contribution in [0.1, 0.15) is 17.0 Å². The molecule has 0 spiro atoms. The van der Waals surface area contributed by atoms with Crippen molar-refractivity contribution in [2.24, 2.45) is 11.5 Å². The Hall–Kier alpha value is -3.69. The van der Waals surface area contributed by atoms with Gasteiger partial charge in [-0.1, -0.05) is 78.9 Å². The number of carbonyl (C=O) groups excluding carboxylic acids is 2. The van der Waals surface area contributed by atoms with Crippen LogP contribution in [0.4, 0.5) is 4.79 Å². The maximum absolute atomic E-state index is 13.9. The molecule has 176 valence electrons. The van der Waals surface area contributed by atoms with E-state index in [1.807, 2.05) is 60.7 Å². The van der Waals surface area contributed by atoms with E-state index < -0.39 is 33.4 Å². The number of rotatable bonds is 6. The highest BCUT2D eigenvalue weighted by Crippen LogP contribution is 2.43. The first kappa shape index (κ1) is 23.5. The molecule has 3 aromatic carbocycles. The van der Waals surface area contributed by atoms with E-state index in [0.29, 0.717) is 11.1 Å². The Morgan fingerprint density at radius 3 is 1.68 bits per heavy atom. The van der Waals surface area contributed by atoms with Crippen LogP contribution in [0.3, 0.4) is 0 Å². The fourth-order valence-electron chi connectivity index (χ4n) is 4.72. The number of piperazine rings is 1. The third kappa shape index (κ3) is 4.04. The van der Waals surface area contributed by atoms with Crippen LogP contribution in [0.2, 0.25) is 0 Å². The van der Waals surface area contributed by atoms with Gasteiger partial charge in [0.1, 0.15) is 5.54 Å². The van der Waals surface area contributed by atoms with Gasteiger partial charge >= 0.3 is 6.03 Å². The average molecular weight is 479 g/mol. The lowest BCUT2D eigenvalue weighted by Crippen LogP contribution is -2.72. The van der Waals surface area contributed by atoms with Gasteiger partial charge in [-0.05, 0) is 23.3 Å². The lowest BCUT2D eigenvalue weighted by molar-refractivity contribution is -0.130. The van der Waals surface area contributed by atoms with Crippen molar-refractivity contribution in [1.29, 1.82) is 0 Å². The third-order valence-corrected chi connectivity index (χ3v) is 8.22. The topological polar surface area (TPSA) is 127 Å². The minimum Gasteiger partial charge on any atom is -0.368 e. The molecule has 0 saturated carbocycles. The van der Waals surface area contributed by atoms with Crippen LogP contribution < -0.4 is 11.5 Å². The highest BCUT2D eigenvalue weighted by atomic mass is 32.2. The molecule has 1 aliphatic rings. The number of sulfonamides is 1. The second kappa shape index (κ2) is 9.28. The summed E-state index contributed by atoms with van der Waals surface area (Å²) in [5, 5.41) is 0. The van der Waals surface area contributed by atoms with Crippen molar-refractivity contribution in [3.05, 3.63) is 102 Å². The predicted octanol–water partition coefficient (Wildman–Crippen LogP) is 2.13. The van der Waals surface area contributed by atoms with Crippen LogP contribution in [-0.2, 0) is 14.8 Å². The fraction of sp³-hybridized carbons (Fsp3) is 0.200. The van der Waals surface area contributed by atoms with Gasteiger partial charge in [0.2, 0.25) is 15.9 Å². The van der Waals surface area contributed by atoms with Crippen LogP contribution in [-0.4, -0.2) is 54.7 Å². The first-order chi connectivity index (χ1) is 16.3. The zero-order chi connectivity index (χ0) is 24.3. The highest BCUT2D eigenvalue weighted by molar-refractivity contribution is 7.89. The first-order valence-electron chi connectivity index (χ1n) is 10.8. The molecule has 0 aromatic heterocycles. The number of nitrogens with zero attached hydrogens (tertiary/aromatic N) is 2. The van der Waals surface area contributed by atoms with E-state index >= 15 is 0 Å². The molecule has 0 bridgehead atoms. The summed E-state index contributed by atoms with van der Waals surface area (Å²) in [6, 6.07) is 25.3. The summed E-state index contributed by atoms with van der Waals surface area (Å²) >= 11 is 0. The van der Waals surface area contributed by atoms with Crippen LogP contribution in [0.15, 0.2) is 95.9 Å². The van der Waals surface area contributed by atoms with Crippen LogP contribution in [0.25, 0.3) is 0 Å². The summed E-state index contributed by atoms with van der Waals surface area (Å²) in [5.41, 5.74) is 11.2. The Morgan fingerprint density at radius 2 is 1.24 bits per heavy atom. The fourth-order valence-corrected chi connectivity index (χ4v) is 6.48. The van der Waals surface area contributed by atoms with Crippen LogP contribution in [0, 0.1) is 0 Å². The Balaban J connectivity index is 2.02. The van der Waals surface area contributed by atoms with Gasteiger partial charge in [0.05, 0.1) is 11.4 Å². The first-order valence-corrected chi connectivity index (χ1v) is 12.2. The molecular formula is C25H26N4O4S. The largest absolute Gasteiger partial charge is 0.368 e. The van der Waals surface area contributed by atoms with E-state index in [-0.39, 0.29) is 24.5 Å². The zero-order valence-corrected chi connectivity index (χ0v) is 19.3. The van der Waals surface area contributed by atoms with Gasteiger partial charge < -0.3 is 16.4 Å². The molecule has 1 saturated heterocycles. The van der Waals surface area contributed by atoms with Crippen LogP contribution in [0.5, 0.6) is 0 Å². The van der Waals surface area contributed by atoms with Crippen molar-refractivity contribution in [1.82, 2.24) is 9.21 Å². The maximum atomic E-state index is 13.9. The smallest absolute Gasteiger partial charge is 0.314 e. The third-order valence-electron chi connectivity index (χ3n) is 6.26. The average Bonchev–Trinajstić information content (AvgIpc) is 2.85. The normalized spacial score (nSPS) is 19.1. The van der Waals surface area contributed by atoms with E-state index in [4.69, 9.17) is 11.5 Å². The molecule has 3 aromatic rings. The van der Waals surface area contributed by atoms with Gasteiger partial charge in [-0.3, -0.25) is 4.79 Å². The number of benzene rings is 3. The van der Waals surface area contributed by atoms with Gasteiger partial charge in [-0.25, -0.2) is 13.2 Å². The van der Waals surface area contributed by atoms with Gasteiger partial charge in [-0.15, -0.1) is 0 Å². The summed E-state index contributed by atoms with van der Waals surface area (Å²) in [4.78, 5) is 27.0. The van der Waals surface area contributed by atoms with Crippen molar-refractivity contribution in [3.63, 3.8) is 0 Å². The molecule has 0 aliphatic carbocycles. The molecule has 1 unspecified atom stereocenters. The van der Waals surface area contributed by atoms with E-state index in [2.05, 4.69) is 0 Å². The quantitative estimate of drug-likeness (QED) is 0.563. The highest BCUT2D eigenvalue weighted by Gasteiger charge is 2.58. The lowest BCUT2D eigenvalue weighted by atomic mass is 9.73. The molecule has 1 aliphatic heterocycles. The van der Waals surface area contributed by atoms with E-state index in [0.717, 1.165) is 4.31 Å². The Morgan fingerprint density at radius 1 is 0.765 bits per heavy atom. The molecular weight excluding hydrogens is 452 g/mol. The van der Waals surface area contributed by atoms with Crippen LogP contribution >= 0.6 is 0 Å². The summed E-state index contributed by atoms with van der Waals surface area (Å²) in [6.45, 7) is -0.385. The Bertz CT molecular complexity index is 1230. The van der Waals surface area contributed by atoms with Gasteiger partial charge in [0, 0.05) is 19.0 Å². The summed E-state index contributed by atoms with van der Waals surface area (Å²) in [5.74, 6) is -1.66. The second-order valence-electron chi connectivity index (χ2n) is 8.19. The number of nitrogens with two attached hydrogens (primary N) is 2. The minimum atomic E-state index is -4.17. The predicted molar refractivity (Wildman–Crippen MR) is 128 cm³/mol. The van der Waals surface area contributed by atoms with E-state index in [9.17, 15) is 18.0 Å². The molecule has 0 radical (unpaired) electrons. The summed E-state index contributed by atoms with van der Waals surface area (Å²) in [6.07, 6.45) is 0. The molecule has 8 nitrogen and oxygen atoms in total. The number of amides is 3. The number of hydrogen-bond acceptors (Lipinski definition) is 4. The van der Waals surface area contributed by atoms with Crippen molar-refractivity contribution in [2.45, 2.75) is 16.4 Å². The molecule has 9 heteroatoms. The zero-order valence-electron chi connectivity index (χ0n) is 18.4. The van der Waals surface area contributed by atoms with Crippen molar-refractivity contribution in [2.75, 3.05) is 19.6 Å². The molecule has 34 heavy (non-hydrogen) atoms. The van der Waals surface area contributed by atoms with E-state index in [1.54, 1.807) is 18.2 Å². The standard InChI is InChI=1S/C25H26N4O4S/c26-23(30)25(22(19-10-4-1-5-11-19)20-12-6-2-7-13-20)18-28(24(27)31)16-17-29(25)34(32,33)21-14-8-3-9-15-21/h1-15,22H,16-18H2,(H2,26,30)(H2,27,31). The molecule has 3 amide bonds. The van der Waals surface area contributed by atoms with Gasteiger partial charge in [0.15, 0.2) is 0 Å². The molecule has 1 fully saturated rings. The lowest BCUT2D eigenvalue weighted by Gasteiger charge is -2.51. The molecule has 4 N–H and O–H groups in total. The second-order valence-corrected chi connectivity index (χ2v) is 10.1. The maximum Gasteiger partial charge on any atom is 0.314 e. The molecule has 1 atom stereocenters. The number of carbonyl (C=O) groups is 2. The van der Waals surface area contributed by atoms with Crippen molar-refractivity contribution >= 4 is 22.0 Å². The van der Waals surface area contributed by atoms with Gasteiger partial charge in [0.25, 0.3) is 0 Å². The Labute approximate surface area is 198 Å². The summed E-state index contributed by atoms with van der Waals surface area (Å²) in [7, 11) is -4.17. The van der Waals surface area contributed by atoms with Gasteiger partial charge in [-0.2, -0.15) is 4.31 Å². The van der Waals surface area contributed by atoms with Crippen molar-refractivity contribution in [3.8, 4) is 0 Å². The number of primary amides is 2. The van der Waals surface area contributed by atoms with E-state index in [1.165, 1.54) is 17.0 Å². The number of urea groups is 1. The number of hydrogen-bond donors (Lipinski definition) is 2. The Kier molecular flexibility index (Phi) is 6.41. The summed E-state index contributed by atoms with van der Waals surface area (Å²) < 4.78 is 29.0. The minimum absolute atomic E-state index is 0.0345. The molecule has 4 rings (SSSR count).